The van der Waals surface area contributed by atoms with Gasteiger partial charge in [0.15, 0.2) is 0 Å². The molecule has 11 rings (SSSR count). The van der Waals surface area contributed by atoms with Crippen LogP contribution in [0.5, 0.6) is 0 Å². The molecule has 2 atom stereocenters. The minimum Gasteiger partial charge on any atom is -0.333 e. The maximum Gasteiger partial charge on any atom is 0.0629 e. The largest absolute Gasteiger partial charge is 0.333 e. The molecule has 252 valence electrons. The normalized spacial score (nSPS) is 17.6. The zero-order valence-corrected chi connectivity index (χ0v) is 29.9. The monoisotopic (exact) mass is 678 g/mol. The van der Waals surface area contributed by atoms with E-state index in [1.54, 1.807) is 0 Å². The fraction of sp³-hybridized carbons (Fsp3) is 0.0980. The molecule has 0 amide bonds. The highest BCUT2D eigenvalue weighted by Crippen LogP contribution is 2.53. The summed E-state index contributed by atoms with van der Waals surface area (Å²) in [5, 5.41) is 2.55. The molecule has 53 heavy (non-hydrogen) atoms. The molecule has 2 heterocycles. The van der Waals surface area contributed by atoms with E-state index in [2.05, 4.69) is 205 Å². The fourth-order valence-electron chi connectivity index (χ4n) is 9.72. The van der Waals surface area contributed by atoms with E-state index in [0.717, 1.165) is 0 Å². The molecule has 2 heteroatoms. The summed E-state index contributed by atoms with van der Waals surface area (Å²) in [5.41, 5.74) is 18.1. The van der Waals surface area contributed by atoms with Crippen LogP contribution in [-0.2, 0) is 5.41 Å². The average molecular weight is 679 g/mol. The van der Waals surface area contributed by atoms with Gasteiger partial charge in [-0.2, -0.15) is 0 Å². The zero-order valence-electron chi connectivity index (χ0n) is 29.9. The van der Waals surface area contributed by atoms with Crippen molar-refractivity contribution in [2.24, 2.45) is 0 Å². The first-order chi connectivity index (χ1) is 26.1. The van der Waals surface area contributed by atoms with Gasteiger partial charge in [-0.1, -0.05) is 141 Å². The molecule has 2 nitrogen and oxygen atoms in total. The SMILES string of the molecule is CC1(C)c2ccccc2-c2cccc(-c3ccc(N4c5ccc(-c6ccc7c(c6)c6ccccc6n7-c6ccccc6)cc5C5C=CC=CC54)cc3)c21. The van der Waals surface area contributed by atoms with Crippen LogP contribution in [0.4, 0.5) is 11.4 Å². The molecule has 0 saturated carbocycles. The second kappa shape index (κ2) is 11.3. The van der Waals surface area contributed by atoms with E-state index in [4.69, 9.17) is 0 Å². The minimum absolute atomic E-state index is 0.0528. The van der Waals surface area contributed by atoms with E-state index < -0.39 is 0 Å². The molecule has 3 aliphatic rings. The van der Waals surface area contributed by atoms with Gasteiger partial charge in [0.2, 0.25) is 0 Å². The Morgan fingerprint density at radius 3 is 2.06 bits per heavy atom. The smallest absolute Gasteiger partial charge is 0.0629 e. The molecule has 0 bridgehead atoms. The Labute approximate surface area is 310 Å². The van der Waals surface area contributed by atoms with E-state index in [-0.39, 0.29) is 17.4 Å². The Morgan fingerprint density at radius 1 is 0.491 bits per heavy atom. The number of benzene rings is 7. The van der Waals surface area contributed by atoms with Gasteiger partial charge < -0.3 is 9.47 Å². The second-order valence-corrected chi connectivity index (χ2v) is 15.3. The van der Waals surface area contributed by atoms with Gasteiger partial charge in [-0.3, -0.25) is 0 Å². The van der Waals surface area contributed by atoms with Crippen LogP contribution < -0.4 is 4.90 Å². The minimum atomic E-state index is -0.0528. The first kappa shape index (κ1) is 30.3. The van der Waals surface area contributed by atoms with Crippen LogP contribution in [0.1, 0.15) is 36.5 Å². The third-order valence-corrected chi connectivity index (χ3v) is 12.1. The number of hydrogen-bond donors (Lipinski definition) is 0. The molecule has 0 N–H and O–H groups in total. The number of nitrogens with zero attached hydrogens (tertiary/aromatic N) is 2. The van der Waals surface area contributed by atoms with Crippen molar-refractivity contribution in [3.05, 3.63) is 199 Å². The molecule has 0 saturated heterocycles. The number of fused-ring (bicyclic) bond motifs is 9. The molecule has 7 aromatic carbocycles. The van der Waals surface area contributed by atoms with Gasteiger partial charge in [-0.15, -0.1) is 0 Å². The molecular formula is C51H38N2. The zero-order chi connectivity index (χ0) is 35.3. The van der Waals surface area contributed by atoms with Crippen LogP contribution in [0.15, 0.2) is 182 Å². The summed E-state index contributed by atoms with van der Waals surface area (Å²) in [6.45, 7) is 4.74. The number of aromatic nitrogens is 1. The van der Waals surface area contributed by atoms with Crippen LogP contribution in [-0.4, -0.2) is 10.6 Å². The van der Waals surface area contributed by atoms with Gasteiger partial charge in [-0.25, -0.2) is 0 Å². The molecule has 1 aliphatic heterocycles. The Balaban J connectivity index is 0.979. The Kier molecular flexibility index (Phi) is 6.46. The average Bonchev–Trinajstić information content (AvgIpc) is 3.81. The van der Waals surface area contributed by atoms with E-state index in [0.29, 0.717) is 0 Å². The molecule has 8 aromatic rings. The number of rotatable bonds is 4. The van der Waals surface area contributed by atoms with Crippen molar-refractivity contribution in [3.8, 4) is 39.1 Å². The number of para-hydroxylation sites is 2. The Hall–Kier alpha value is -6.38. The topological polar surface area (TPSA) is 8.17 Å². The highest BCUT2D eigenvalue weighted by Gasteiger charge is 2.39. The molecule has 0 spiro atoms. The first-order valence-electron chi connectivity index (χ1n) is 18.8. The van der Waals surface area contributed by atoms with Crippen molar-refractivity contribution < 1.29 is 0 Å². The van der Waals surface area contributed by atoms with Crippen molar-refractivity contribution in [3.63, 3.8) is 0 Å². The third kappa shape index (κ3) is 4.39. The van der Waals surface area contributed by atoms with Gasteiger partial charge in [0, 0.05) is 39.2 Å². The van der Waals surface area contributed by atoms with Crippen LogP contribution >= 0.6 is 0 Å². The predicted molar refractivity (Wildman–Crippen MR) is 223 cm³/mol. The number of anilines is 2. The van der Waals surface area contributed by atoms with Gasteiger partial charge in [0.05, 0.1) is 17.1 Å². The van der Waals surface area contributed by atoms with Crippen LogP contribution in [0.3, 0.4) is 0 Å². The van der Waals surface area contributed by atoms with Gasteiger partial charge in [-0.05, 0) is 105 Å². The molecule has 2 unspecified atom stereocenters. The molecular weight excluding hydrogens is 641 g/mol. The number of hydrogen-bond acceptors (Lipinski definition) is 1. The maximum absolute atomic E-state index is 2.54. The lowest BCUT2D eigenvalue weighted by molar-refractivity contribution is 0.662. The van der Waals surface area contributed by atoms with Gasteiger partial charge in [0.25, 0.3) is 0 Å². The van der Waals surface area contributed by atoms with Crippen LogP contribution in [0.2, 0.25) is 0 Å². The Bertz CT molecular complexity index is 2810. The van der Waals surface area contributed by atoms with E-state index in [9.17, 15) is 0 Å². The molecule has 2 aliphatic carbocycles. The van der Waals surface area contributed by atoms with Crippen molar-refractivity contribution in [1.82, 2.24) is 4.57 Å². The highest BCUT2D eigenvalue weighted by atomic mass is 15.2. The van der Waals surface area contributed by atoms with E-state index >= 15 is 0 Å². The summed E-state index contributed by atoms with van der Waals surface area (Å²) in [5.74, 6) is 0.287. The Morgan fingerprint density at radius 2 is 1.17 bits per heavy atom. The van der Waals surface area contributed by atoms with Crippen molar-refractivity contribution in [2.75, 3.05) is 4.90 Å². The van der Waals surface area contributed by atoms with E-state index in [1.165, 1.54) is 88.9 Å². The van der Waals surface area contributed by atoms with Gasteiger partial charge >= 0.3 is 0 Å². The van der Waals surface area contributed by atoms with Crippen LogP contribution in [0, 0.1) is 0 Å². The lowest BCUT2D eigenvalue weighted by Gasteiger charge is -2.29. The predicted octanol–water partition coefficient (Wildman–Crippen LogP) is 13.2. The summed E-state index contributed by atoms with van der Waals surface area (Å²) in [6, 6.07) is 58.8. The second-order valence-electron chi connectivity index (χ2n) is 15.3. The lowest BCUT2D eigenvalue weighted by atomic mass is 9.79. The standard InChI is InChI=1S/C51H38N2/c1-51(2)45-20-9-6-15-39(45)42-19-12-18-38(50(42)51)33-23-27-37(28-24-33)53-47-22-11-8-17-41(47)44-32-35(26-30-49(44)53)34-25-29-48-43(31-34)40-16-7-10-21-46(40)52(48)36-13-4-3-5-14-36/h3-32,41,47H,1-2H3. The first-order valence-corrected chi connectivity index (χ1v) is 18.8. The summed E-state index contributed by atoms with van der Waals surface area (Å²) in [7, 11) is 0. The molecule has 1 aromatic heterocycles. The van der Waals surface area contributed by atoms with E-state index in [1.807, 2.05) is 0 Å². The molecule has 0 radical (unpaired) electrons. The number of allylic oxidation sites excluding steroid dienone is 2. The maximum atomic E-state index is 2.54. The lowest BCUT2D eigenvalue weighted by Crippen LogP contribution is -2.28. The van der Waals surface area contributed by atoms with Crippen molar-refractivity contribution in [1.29, 1.82) is 0 Å². The van der Waals surface area contributed by atoms with Crippen molar-refractivity contribution in [2.45, 2.75) is 31.2 Å². The van der Waals surface area contributed by atoms with Crippen LogP contribution in [0.25, 0.3) is 60.9 Å². The summed E-state index contributed by atoms with van der Waals surface area (Å²) >= 11 is 0. The summed E-state index contributed by atoms with van der Waals surface area (Å²) < 4.78 is 2.38. The van der Waals surface area contributed by atoms with Gasteiger partial charge in [0.1, 0.15) is 0 Å². The van der Waals surface area contributed by atoms with Crippen molar-refractivity contribution >= 4 is 33.2 Å². The summed E-state index contributed by atoms with van der Waals surface area (Å²) in [6.07, 6.45) is 9.17. The quantitative estimate of drug-likeness (QED) is 0.180. The fourth-order valence-corrected chi connectivity index (χ4v) is 9.72. The molecule has 0 fully saturated rings. The summed E-state index contributed by atoms with van der Waals surface area (Å²) in [4.78, 5) is 2.54. The third-order valence-electron chi connectivity index (χ3n) is 12.1. The highest BCUT2D eigenvalue weighted by molar-refractivity contribution is 6.10.